The van der Waals surface area contributed by atoms with E-state index >= 15 is 0 Å². The van der Waals surface area contributed by atoms with Gasteiger partial charge in [0.2, 0.25) is 0 Å². The number of esters is 1. The molecule has 0 aliphatic carbocycles. The van der Waals surface area contributed by atoms with Crippen molar-refractivity contribution in [1.29, 1.82) is 0 Å². The highest BCUT2D eigenvalue weighted by molar-refractivity contribution is 6.31. The zero-order chi connectivity index (χ0) is 20.3. The van der Waals surface area contributed by atoms with E-state index in [0.29, 0.717) is 28.4 Å². The molecule has 0 aliphatic heterocycles. The molecule has 0 fully saturated rings. The molecule has 0 spiro atoms. The van der Waals surface area contributed by atoms with Crippen LogP contribution in [0.4, 0.5) is 5.69 Å². The van der Waals surface area contributed by atoms with Crippen LogP contribution < -0.4 is 5.32 Å². The molecule has 0 unspecified atom stereocenters. The number of anilines is 1. The van der Waals surface area contributed by atoms with Crippen LogP contribution in [0, 0.1) is 13.8 Å². The number of nitrogens with one attached hydrogen (secondary N) is 1. The average molecular weight is 398 g/mol. The van der Waals surface area contributed by atoms with E-state index in [-0.39, 0.29) is 5.91 Å². The molecule has 28 heavy (non-hydrogen) atoms. The van der Waals surface area contributed by atoms with Crippen LogP contribution in [0.2, 0.25) is 5.02 Å². The molecule has 3 aromatic rings. The molecule has 3 rings (SSSR count). The van der Waals surface area contributed by atoms with Gasteiger partial charge in [-0.3, -0.25) is 9.48 Å². The third-order valence-corrected chi connectivity index (χ3v) is 4.94. The summed E-state index contributed by atoms with van der Waals surface area (Å²) < 4.78 is 6.57. The van der Waals surface area contributed by atoms with E-state index in [2.05, 4.69) is 10.4 Å². The number of benzene rings is 2. The highest BCUT2D eigenvalue weighted by atomic mass is 35.5. The van der Waals surface area contributed by atoms with Crippen molar-refractivity contribution in [2.45, 2.75) is 20.4 Å². The van der Waals surface area contributed by atoms with Crippen molar-refractivity contribution >= 4 is 29.2 Å². The van der Waals surface area contributed by atoms with Crippen molar-refractivity contribution in [3.8, 4) is 0 Å². The summed E-state index contributed by atoms with van der Waals surface area (Å²) in [6.45, 7) is 4.26. The number of aryl methyl sites for hydroxylation is 1. The van der Waals surface area contributed by atoms with Crippen molar-refractivity contribution in [1.82, 2.24) is 9.78 Å². The summed E-state index contributed by atoms with van der Waals surface area (Å²) in [6.07, 6.45) is 0. The number of carbonyl (C=O) groups excluding carboxylic acids is 2. The van der Waals surface area contributed by atoms with E-state index in [9.17, 15) is 9.59 Å². The maximum Gasteiger partial charge on any atom is 0.339 e. The predicted octanol–water partition coefficient (Wildman–Crippen LogP) is 4.24. The molecule has 1 aromatic heterocycles. The number of methoxy groups -OCH3 is 1. The number of hydrogen-bond donors (Lipinski definition) is 1. The first kappa shape index (κ1) is 19.6. The van der Waals surface area contributed by atoms with Gasteiger partial charge < -0.3 is 10.1 Å². The molecule has 0 radical (unpaired) electrons. The molecule has 0 bridgehead atoms. The molecule has 0 saturated heterocycles. The van der Waals surface area contributed by atoms with Gasteiger partial charge in [0.05, 0.1) is 41.3 Å². The quantitative estimate of drug-likeness (QED) is 0.653. The van der Waals surface area contributed by atoms with Gasteiger partial charge in [-0.25, -0.2) is 4.79 Å². The van der Waals surface area contributed by atoms with Crippen LogP contribution in [0.5, 0.6) is 0 Å². The third kappa shape index (κ3) is 4.07. The highest BCUT2D eigenvalue weighted by Gasteiger charge is 2.15. The lowest BCUT2D eigenvalue weighted by Gasteiger charge is -2.11. The van der Waals surface area contributed by atoms with Gasteiger partial charge in [0, 0.05) is 5.56 Å². The molecule has 144 valence electrons. The summed E-state index contributed by atoms with van der Waals surface area (Å²) in [5, 5.41) is 7.84. The Kier molecular flexibility index (Phi) is 5.80. The Bertz CT molecular complexity index is 1040. The molecular formula is C21H20ClN3O3. The smallest absolute Gasteiger partial charge is 0.339 e. The second-order valence-electron chi connectivity index (χ2n) is 6.33. The first-order valence-corrected chi connectivity index (χ1v) is 9.05. The van der Waals surface area contributed by atoms with Gasteiger partial charge in [0.1, 0.15) is 0 Å². The standard InChI is InChI=1S/C21H20ClN3O3/c1-13-19(22)14(2)25(24-13)12-15-7-6-8-16(11-15)20(26)23-18-10-5-4-9-17(18)21(27)28-3/h4-11H,12H2,1-3H3,(H,23,26). The number of rotatable bonds is 5. The summed E-state index contributed by atoms with van der Waals surface area (Å²) >= 11 is 6.20. The van der Waals surface area contributed by atoms with E-state index in [1.807, 2.05) is 26.0 Å². The molecule has 7 heteroatoms. The van der Waals surface area contributed by atoms with E-state index in [0.717, 1.165) is 17.0 Å². The molecular weight excluding hydrogens is 378 g/mol. The monoisotopic (exact) mass is 397 g/mol. The van der Waals surface area contributed by atoms with Gasteiger partial charge in [0.25, 0.3) is 5.91 Å². The number of halogens is 1. The Morgan fingerprint density at radius 3 is 2.57 bits per heavy atom. The SMILES string of the molecule is COC(=O)c1ccccc1NC(=O)c1cccc(Cn2nc(C)c(Cl)c2C)c1. The molecule has 2 aromatic carbocycles. The second kappa shape index (κ2) is 8.27. The number of para-hydroxylation sites is 1. The molecule has 6 nitrogen and oxygen atoms in total. The Morgan fingerprint density at radius 1 is 1.14 bits per heavy atom. The first-order chi connectivity index (χ1) is 13.4. The number of carbonyl (C=O) groups is 2. The van der Waals surface area contributed by atoms with Crippen LogP contribution >= 0.6 is 11.6 Å². The molecule has 0 saturated carbocycles. The van der Waals surface area contributed by atoms with Gasteiger partial charge in [-0.15, -0.1) is 0 Å². The zero-order valence-electron chi connectivity index (χ0n) is 15.8. The summed E-state index contributed by atoms with van der Waals surface area (Å²) in [5.74, 6) is -0.823. The zero-order valence-corrected chi connectivity index (χ0v) is 16.6. The number of nitrogens with zero attached hydrogens (tertiary/aromatic N) is 2. The van der Waals surface area contributed by atoms with E-state index in [4.69, 9.17) is 16.3 Å². The Hall–Kier alpha value is -3.12. The van der Waals surface area contributed by atoms with Gasteiger partial charge >= 0.3 is 5.97 Å². The minimum absolute atomic E-state index is 0.298. The second-order valence-corrected chi connectivity index (χ2v) is 6.71. The average Bonchev–Trinajstić information content (AvgIpc) is 2.94. The maximum atomic E-state index is 12.7. The number of ether oxygens (including phenoxy) is 1. The van der Waals surface area contributed by atoms with E-state index in [1.54, 1.807) is 41.1 Å². The lowest BCUT2D eigenvalue weighted by atomic mass is 10.1. The highest BCUT2D eigenvalue weighted by Crippen LogP contribution is 2.21. The molecule has 1 heterocycles. The van der Waals surface area contributed by atoms with Gasteiger partial charge in [-0.1, -0.05) is 35.9 Å². The first-order valence-electron chi connectivity index (χ1n) is 8.68. The Morgan fingerprint density at radius 2 is 1.89 bits per heavy atom. The number of hydrogen-bond acceptors (Lipinski definition) is 4. The minimum atomic E-state index is -0.508. The molecule has 1 N–H and O–H groups in total. The summed E-state index contributed by atoms with van der Waals surface area (Å²) in [5.41, 5.74) is 3.73. The normalized spacial score (nSPS) is 10.6. The lowest BCUT2D eigenvalue weighted by Crippen LogP contribution is -2.16. The van der Waals surface area contributed by atoms with E-state index < -0.39 is 5.97 Å². The van der Waals surface area contributed by atoms with Crippen molar-refractivity contribution in [3.05, 3.63) is 81.6 Å². The minimum Gasteiger partial charge on any atom is -0.465 e. The van der Waals surface area contributed by atoms with E-state index in [1.165, 1.54) is 7.11 Å². The Labute approximate surface area is 168 Å². The third-order valence-electron chi connectivity index (χ3n) is 4.40. The summed E-state index contributed by atoms with van der Waals surface area (Å²) in [7, 11) is 1.30. The van der Waals surface area contributed by atoms with Gasteiger partial charge in [-0.2, -0.15) is 5.10 Å². The van der Waals surface area contributed by atoms with Crippen LogP contribution in [-0.2, 0) is 11.3 Å². The topological polar surface area (TPSA) is 73.2 Å². The fourth-order valence-corrected chi connectivity index (χ4v) is 3.02. The molecule has 1 amide bonds. The Balaban J connectivity index is 1.81. The largest absolute Gasteiger partial charge is 0.465 e. The summed E-state index contributed by atoms with van der Waals surface area (Å²) in [4.78, 5) is 24.6. The van der Waals surface area contributed by atoms with Gasteiger partial charge in [0.15, 0.2) is 0 Å². The lowest BCUT2D eigenvalue weighted by molar-refractivity contribution is 0.0602. The fourth-order valence-electron chi connectivity index (χ4n) is 2.89. The fraction of sp³-hybridized carbons (Fsp3) is 0.190. The van der Waals surface area contributed by atoms with Crippen molar-refractivity contribution in [2.75, 3.05) is 12.4 Å². The van der Waals surface area contributed by atoms with Crippen LogP contribution in [0.25, 0.3) is 0 Å². The number of aromatic nitrogens is 2. The molecule has 0 atom stereocenters. The van der Waals surface area contributed by atoms with Crippen molar-refractivity contribution in [3.63, 3.8) is 0 Å². The van der Waals surface area contributed by atoms with Crippen molar-refractivity contribution in [2.24, 2.45) is 0 Å². The summed E-state index contributed by atoms with van der Waals surface area (Å²) in [6, 6.07) is 13.9. The predicted molar refractivity (Wildman–Crippen MR) is 108 cm³/mol. The van der Waals surface area contributed by atoms with Crippen LogP contribution in [-0.4, -0.2) is 28.8 Å². The maximum absolute atomic E-state index is 12.7. The van der Waals surface area contributed by atoms with Crippen molar-refractivity contribution < 1.29 is 14.3 Å². The van der Waals surface area contributed by atoms with Gasteiger partial charge in [-0.05, 0) is 43.7 Å². The van der Waals surface area contributed by atoms with Crippen LogP contribution in [0.1, 0.15) is 37.7 Å². The number of amides is 1. The molecule has 0 aliphatic rings. The van der Waals surface area contributed by atoms with Crippen LogP contribution in [0.3, 0.4) is 0 Å². The van der Waals surface area contributed by atoms with Crippen LogP contribution in [0.15, 0.2) is 48.5 Å².